The lowest BCUT2D eigenvalue weighted by molar-refractivity contribution is 0.0955. The SMILES string of the molecule is O=C(NCCc1cccs1)c1cccn2c(=O)c3ccccc3nc12. The summed E-state index contributed by atoms with van der Waals surface area (Å²) in [6.45, 7) is 0.540. The lowest BCUT2D eigenvalue weighted by Crippen LogP contribution is -2.27. The Kier molecular flexibility index (Phi) is 4.03. The highest BCUT2D eigenvalue weighted by Crippen LogP contribution is 2.13. The molecule has 0 unspecified atom stereocenters. The van der Waals surface area contributed by atoms with Gasteiger partial charge in [0.15, 0.2) is 5.65 Å². The van der Waals surface area contributed by atoms with Crippen LogP contribution in [-0.2, 0) is 6.42 Å². The number of carbonyl (C=O) groups excluding carboxylic acids is 1. The van der Waals surface area contributed by atoms with Crippen molar-refractivity contribution in [3.05, 3.63) is 80.9 Å². The number of carbonyl (C=O) groups is 1. The Balaban J connectivity index is 1.69. The summed E-state index contributed by atoms with van der Waals surface area (Å²) in [5, 5.41) is 5.46. The molecule has 0 saturated carbocycles. The molecule has 1 aromatic carbocycles. The maximum atomic E-state index is 12.6. The fourth-order valence-corrected chi connectivity index (χ4v) is 3.51. The number of pyridine rings is 1. The van der Waals surface area contributed by atoms with E-state index >= 15 is 0 Å². The van der Waals surface area contributed by atoms with E-state index in [1.54, 1.807) is 47.9 Å². The van der Waals surface area contributed by atoms with Gasteiger partial charge in [0.25, 0.3) is 11.5 Å². The molecule has 4 rings (SSSR count). The molecule has 3 heterocycles. The van der Waals surface area contributed by atoms with Crippen molar-refractivity contribution < 1.29 is 4.79 Å². The zero-order valence-electron chi connectivity index (χ0n) is 13.3. The quantitative estimate of drug-likeness (QED) is 0.576. The van der Waals surface area contributed by atoms with E-state index in [0.717, 1.165) is 6.42 Å². The molecule has 1 N–H and O–H groups in total. The largest absolute Gasteiger partial charge is 0.352 e. The first-order valence-electron chi connectivity index (χ1n) is 7.95. The first kappa shape index (κ1) is 15.5. The molecule has 1 amide bonds. The molecule has 0 bridgehead atoms. The van der Waals surface area contributed by atoms with Gasteiger partial charge in [0.1, 0.15) is 0 Å². The molecule has 0 radical (unpaired) electrons. The van der Waals surface area contributed by atoms with Gasteiger partial charge in [0, 0.05) is 17.6 Å². The van der Waals surface area contributed by atoms with Crippen LogP contribution in [0, 0.1) is 0 Å². The third kappa shape index (κ3) is 2.92. The number of para-hydroxylation sites is 1. The molecule has 0 spiro atoms. The number of benzene rings is 1. The van der Waals surface area contributed by atoms with E-state index < -0.39 is 0 Å². The molecule has 0 fully saturated rings. The van der Waals surface area contributed by atoms with Gasteiger partial charge in [-0.1, -0.05) is 18.2 Å². The van der Waals surface area contributed by atoms with Crippen LogP contribution in [0.5, 0.6) is 0 Å². The second-order valence-corrected chi connectivity index (χ2v) is 6.67. The molecule has 0 atom stereocenters. The summed E-state index contributed by atoms with van der Waals surface area (Å²) in [6.07, 6.45) is 2.42. The van der Waals surface area contributed by atoms with Crippen molar-refractivity contribution in [2.24, 2.45) is 0 Å². The fourth-order valence-electron chi connectivity index (χ4n) is 2.80. The number of aromatic nitrogens is 2. The van der Waals surface area contributed by atoms with Crippen LogP contribution < -0.4 is 10.9 Å². The minimum atomic E-state index is -0.225. The van der Waals surface area contributed by atoms with E-state index in [0.29, 0.717) is 28.7 Å². The Morgan fingerprint density at radius 2 is 2.00 bits per heavy atom. The molecule has 3 aromatic heterocycles. The molecule has 25 heavy (non-hydrogen) atoms. The van der Waals surface area contributed by atoms with Gasteiger partial charge in [-0.3, -0.25) is 14.0 Å². The number of nitrogens with one attached hydrogen (secondary N) is 1. The van der Waals surface area contributed by atoms with Crippen LogP contribution in [0.3, 0.4) is 0 Å². The van der Waals surface area contributed by atoms with Crippen molar-refractivity contribution in [1.29, 1.82) is 0 Å². The van der Waals surface area contributed by atoms with Crippen LogP contribution in [0.1, 0.15) is 15.2 Å². The van der Waals surface area contributed by atoms with Crippen molar-refractivity contribution in [1.82, 2.24) is 14.7 Å². The van der Waals surface area contributed by atoms with Gasteiger partial charge >= 0.3 is 0 Å². The topological polar surface area (TPSA) is 63.5 Å². The van der Waals surface area contributed by atoms with Crippen molar-refractivity contribution >= 4 is 33.8 Å². The van der Waals surface area contributed by atoms with Crippen molar-refractivity contribution in [3.63, 3.8) is 0 Å². The highest BCUT2D eigenvalue weighted by molar-refractivity contribution is 7.09. The van der Waals surface area contributed by atoms with Gasteiger partial charge < -0.3 is 5.32 Å². The van der Waals surface area contributed by atoms with Crippen molar-refractivity contribution in [2.45, 2.75) is 6.42 Å². The first-order valence-corrected chi connectivity index (χ1v) is 8.83. The van der Waals surface area contributed by atoms with Gasteiger partial charge in [-0.25, -0.2) is 4.98 Å². The molecule has 6 heteroatoms. The van der Waals surface area contributed by atoms with E-state index in [1.165, 1.54) is 9.28 Å². The zero-order chi connectivity index (χ0) is 17.2. The third-order valence-corrected chi connectivity index (χ3v) is 4.96. The maximum absolute atomic E-state index is 12.6. The Bertz CT molecular complexity index is 1120. The van der Waals surface area contributed by atoms with Crippen LogP contribution >= 0.6 is 11.3 Å². The predicted molar refractivity (Wildman–Crippen MR) is 99.3 cm³/mol. The number of nitrogens with zero attached hydrogens (tertiary/aromatic N) is 2. The normalized spacial score (nSPS) is 11.0. The second-order valence-electron chi connectivity index (χ2n) is 5.63. The summed E-state index contributed by atoms with van der Waals surface area (Å²) in [6, 6.07) is 14.6. The van der Waals surface area contributed by atoms with Crippen LogP contribution in [0.15, 0.2) is 64.9 Å². The highest BCUT2D eigenvalue weighted by atomic mass is 32.1. The molecule has 0 aliphatic rings. The third-order valence-electron chi connectivity index (χ3n) is 4.03. The monoisotopic (exact) mass is 349 g/mol. The van der Waals surface area contributed by atoms with Crippen molar-refractivity contribution in [3.8, 4) is 0 Å². The smallest absolute Gasteiger partial charge is 0.265 e. The summed E-state index contributed by atoms with van der Waals surface area (Å²) in [5.41, 5.74) is 1.19. The fraction of sp³-hybridized carbons (Fsp3) is 0.105. The summed E-state index contributed by atoms with van der Waals surface area (Å²) >= 11 is 1.67. The number of hydrogen-bond acceptors (Lipinski definition) is 4. The number of thiophene rings is 1. The van der Waals surface area contributed by atoms with Gasteiger partial charge in [0.2, 0.25) is 0 Å². The van der Waals surface area contributed by atoms with Gasteiger partial charge in [-0.15, -0.1) is 11.3 Å². The standard InChI is InChI=1S/C19H15N3O2S/c23-18(20-10-9-13-5-4-12-25-13)15-7-3-11-22-17(15)21-16-8-2-1-6-14(16)19(22)24/h1-8,11-12H,9-10H2,(H,20,23). The Labute approximate surface area is 147 Å². The number of fused-ring (bicyclic) bond motifs is 2. The van der Waals surface area contributed by atoms with Crippen LogP contribution in [0.2, 0.25) is 0 Å². The van der Waals surface area contributed by atoms with E-state index in [-0.39, 0.29) is 11.5 Å². The Hall–Kier alpha value is -2.99. The molecule has 0 saturated heterocycles. The summed E-state index contributed by atoms with van der Waals surface area (Å²) < 4.78 is 1.43. The zero-order valence-corrected chi connectivity index (χ0v) is 14.1. The maximum Gasteiger partial charge on any atom is 0.265 e. The Morgan fingerprint density at radius 3 is 2.84 bits per heavy atom. The second kappa shape index (κ2) is 6.49. The van der Waals surface area contributed by atoms with Crippen LogP contribution in [0.4, 0.5) is 0 Å². The molecule has 0 aliphatic carbocycles. The first-order chi connectivity index (χ1) is 12.2. The minimum Gasteiger partial charge on any atom is -0.352 e. The van der Waals surface area contributed by atoms with Crippen LogP contribution in [-0.4, -0.2) is 21.8 Å². The predicted octanol–water partition coefficient (Wildman–Crippen LogP) is 2.88. The summed E-state index contributed by atoms with van der Waals surface area (Å²) in [4.78, 5) is 30.9. The lowest BCUT2D eigenvalue weighted by Gasteiger charge is -2.09. The average Bonchev–Trinajstić information content (AvgIpc) is 3.15. The Morgan fingerprint density at radius 1 is 1.12 bits per heavy atom. The molecular formula is C19H15N3O2S. The molecule has 5 nitrogen and oxygen atoms in total. The van der Waals surface area contributed by atoms with E-state index in [9.17, 15) is 9.59 Å². The van der Waals surface area contributed by atoms with Gasteiger partial charge in [-0.2, -0.15) is 0 Å². The van der Waals surface area contributed by atoms with E-state index in [1.807, 2.05) is 23.6 Å². The summed E-state index contributed by atoms with van der Waals surface area (Å²) in [5.74, 6) is -0.225. The van der Waals surface area contributed by atoms with Crippen molar-refractivity contribution in [2.75, 3.05) is 6.54 Å². The average molecular weight is 349 g/mol. The van der Waals surface area contributed by atoms with E-state index in [4.69, 9.17) is 0 Å². The minimum absolute atomic E-state index is 0.172. The van der Waals surface area contributed by atoms with Crippen LogP contribution in [0.25, 0.3) is 16.6 Å². The molecule has 4 aromatic rings. The summed E-state index contributed by atoms with van der Waals surface area (Å²) in [7, 11) is 0. The number of rotatable bonds is 4. The lowest BCUT2D eigenvalue weighted by atomic mass is 10.2. The highest BCUT2D eigenvalue weighted by Gasteiger charge is 2.13. The van der Waals surface area contributed by atoms with Gasteiger partial charge in [-0.05, 0) is 42.1 Å². The number of hydrogen-bond donors (Lipinski definition) is 1. The van der Waals surface area contributed by atoms with Gasteiger partial charge in [0.05, 0.1) is 16.5 Å². The van der Waals surface area contributed by atoms with E-state index in [2.05, 4.69) is 10.3 Å². The molecule has 0 aliphatic heterocycles. The molecular weight excluding hydrogens is 334 g/mol. The molecule has 124 valence electrons. The number of amides is 1.